The molecule has 0 atom stereocenters. The van der Waals surface area contributed by atoms with Crippen LogP contribution >= 0.6 is 0 Å². The number of aromatic amines is 1. The van der Waals surface area contributed by atoms with Gasteiger partial charge >= 0.3 is 0 Å². The molecule has 1 N–H and O–H groups in total. The molecule has 0 saturated heterocycles. The maximum absolute atomic E-state index is 5.32. The highest BCUT2D eigenvalue weighted by atomic mass is 16.5. The Kier molecular flexibility index (Phi) is 4.73. The zero-order valence-electron chi connectivity index (χ0n) is 14.9. The van der Waals surface area contributed by atoms with E-state index >= 15 is 0 Å². The third kappa shape index (κ3) is 3.96. The van der Waals surface area contributed by atoms with Gasteiger partial charge in [-0.1, -0.05) is 35.5 Å². The first kappa shape index (κ1) is 16.4. The summed E-state index contributed by atoms with van der Waals surface area (Å²) in [4.78, 5) is 4.44. The minimum Gasteiger partial charge on any atom is -0.359 e. The highest BCUT2D eigenvalue weighted by Gasteiger charge is 2.17. The Hall–Kier alpha value is -3.02. The topological polar surface area (TPSA) is 61.2 Å². The van der Waals surface area contributed by atoms with E-state index < -0.39 is 0 Å². The van der Waals surface area contributed by atoms with Crippen LogP contribution < -0.4 is 4.90 Å². The first-order chi connectivity index (χ1) is 12.8. The molecule has 3 aromatic rings. The zero-order chi connectivity index (χ0) is 17.8. The largest absolute Gasteiger partial charge is 0.359 e. The number of nitrogens with one attached hydrogen (secondary N) is 1. The fraction of sp³-hybridized carbons (Fsp3) is 0.300. The fourth-order valence-electron chi connectivity index (χ4n) is 3.17. The number of H-pyrrole nitrogens is 1. The molecule has 1 aliphatic rings. The quantitative estimate of drug-likeness (QED) is 0.740. The van der Waals surface area contributed by atoms with Gasteiger partial charge in [-0.3, -0.25) is 5.10 Å². The molecule has 0 bridgehead atoms. The van der Waals surface area contributed by atoms with Crippen LogP contribution in [0.2, 0.25) is 0 Å². The summed E-state index contributed by atoms with van der Waals surface area (Å²) in [5, 5.41) is 11.6. The van der Waals surface area contributed by atoms with E-state index in [1.165, 1.54) is 5.56 Å². The van der Waals surface area contributed by atoms with Gasteiger partial charge in [0.2, 0.25) is 0 Å². The molecule has 0 spiro atoms. The minimum absolute atomic E-state index is 0.707. The number of aryl methyl sites for hydroxylation is 3. The molecule has 0 saturated carbocycles. The summed E-state index contributed by atoms with van der Waals surface area (Å²) >= 11 is 0. The molecule has 3 heterocycles. The van der Waals surface area contributed by atoms with Gasteiger partial charge in [0, 0.05) is 24.4 Å². The molecule has 2 aromatic heterocycles. The molecule has 0 amide bonds. The van der Waals surface area contributed by atoms with E-state index in [1.54, 1.807) is 0 Å². The van der Waals surface area contributed by atoms with Gasteiger partial charge in [-0.05, 0) is 37.6 Å². The normalized spacial score (nSPS) is 14.2. The number of anilines is 1. The molecule has 1 aromatic carbocycles. The summed E-state index contributed by atoms with van der Waals surface area (Å²) in [7, 11) is 0. The number of aromatic nitrogens is 3. The van der Waals surface area contributed by atoms with Gasteiger partial charge in [-0.25, -0.2) is 0 Å². The van der Waals surface area contributed by atoms with Crippen LogP contribution in [-0.2, 0) is 19.4 Å². The molecule has 26 heavy (non-hydrogen) atoms. The Morgan fingerprint density at radius 1 is 1.15 bits per heavy atom. The third-order valence-electron chi connectivity index (χ3n) is 4.50. The van der Waals surface area contributed by atoms with E-state index in [0.717, 1.165) is 49.0 Å². The van der Waals surface area contributed by atoms with Crippen molar-refractivity contribution in [2.75, 3.05) is 18.1 Å². The van der Waals surface area contributed by atoms with Gasteiger partial charge in [0.1, 0.15) is 0 Å². The van der Waals surface area contributed by atoms with Gasteiger partial charge in [0.15, 0.2) is 11.6 Å². The van der Waals surface area contributed by atoms with E-state index in [1.807, 2.05) is 19.1 Å². The average Bonchev–Trinajstić information content (AvgIpc) is 3.30. The van der Waals surface area contributed by atoms with Crippen molar-refractivity contribution in [3.8, 4) is 0 Å². The molecular formula is C20H23N5O. The van der Waals surface area contributed by atoms with Gasteiger partial charge in [-0.2, -0.15) is 5.10 Å². The number of nitrogens with zero attached hydrogens (tertiary/aromatic N) is 4. The van der Waals surface area contributed by atoms with Crippen LogP contribution in [0, 0.1) is 6.92 Å². The minimum atomic E-state index is 0.707. The Labute approximate surface area is 153 Å². The second-order valence-electron chi connectivity index (χ2n) is 6.67. The summed E-state index contributed by atoms with van der Waals surface area (Å²) < 4.78 is 5.32. The van der Waals surface area contributed by atoms with Gasteiger partial charge in [-0.15, -0.1) is 0 Å². The standard InChI is InChI=1S/C20H23N5O/c1-16-12-19(26-23-16)14-24-10-5-11-25(15-24)20-13-18(21-22-20)9-8-17-6-3-2-4-7-17/h2-7,10,12-13H,8-9,11,14-15H2,1H3,(H,21,22). The molecule has 1 aliphatic heterocycles. The Bertz CT molecular complexity index is 867. The fourth-order valence-corrected chi connectivity index (χ4v) is 3.17. The van der Waals surface area contributed by atoms with Crippen LogP contribution in [0.5, 0.6) is 0 Å². The third-order valence-corrected chi connectivity index (χ3v) is 4.50. The van der Waals surface area contributed by atoms with Crippen molar-refractivity contribution in [2.45, 2.75) is 26.3 Å². The van der Waals surface area contributed by atoms with Crippen LogP contribution in [0.15, 0.2) is 59.3 Å². The monoisotopic (exact) mass is 349 g/mol. The summed E-state index contributed by atoms with van der Waals surface area (Å²) in [5.41, 5.74) is 3.42. The maximum atomic E-state index is 5.32. The van der Waals surface area contributed by atoms with Crippen molar-refractivity contribution >= 4 is 5.82 Å². The molecule has 6 heteroatoms. The number of benzene rings is 1. The first-order valence-corrected chi connectivity index (χ1v) is 8.92. The molecule has 0 aliphatic carbocycles. The number of rotatable bonds is 6. The smallest absolute Gasteiger partial charge is 0.156 e. The zero-order valence-corrected chi connectivity index (χ0v) is 14.9. The van der Waals surface area contributed by atoms with Crippen molar-refractivity contribution in [3.05, 3.63) is 77.5 Å². The number of hydrogen-bond acceptors (Lipinski definition) is 5. The van der Waals surface area contributed by atoms with Crippen LogP contribution in [0.25, 0.3) is 0 Å². The lowest BCUT2D eigenvalue weighted by atomic mass is 10.1. The Morgan fingerprint density at radius 2 is 2.04 bits per heavy atom. The van der Waals surface area contributed by atoms with E-state index in [9.17, 15) is 0 Å². The van der Waals surface area contributed by atoms with Crippen molar-refractivity contribution in [1.82, 2.24) is 20.3 Å². The van der Waals surface area contributed by atoms with Crippen molar-refractivity contribution in [2.24, 2.45) is 0 Å². The number of hydrogen-bond donors (Lipinski definition) is 1. The second kappa shape index (κ2) is 7.47. The van der Waals surface area contributed by atoms with Gasteiger partial charge in [0.05, 0.1) is 18.9 Å². The van der Waals surface area contributed by atoms with E-state index in [2.05, 4.69) is 67.8 Å². The molecule has 0 unspecified atom stereocenters. The lowest BCUT2D eigenvalue weighted by molar-refractivity contribution is 0.289. The van der Waals surface area contributed by atoms with E-state index in [-0.39, 0.29) is 0 Å². The molecular weight excluding hydrogens is 326 g/mol. The summed E-state index contributed by atoms with van der Waals surface area (Å²) in [6, 6.07) is 14.7. The van der Waals surface area contributed by atoms with E-state index in [0.29, 0.717) is 6.54 Å². The highest BCUT2D eigenvalue weighted by molar-refractivity contribution is 5.41. The molecule has 134 valence electrons. The Balaban J connectivity index is 1.35. The lowest BCUT2D eigenvalue weighted by Gasteiger charge is -2.32. The maximum Gasteiger partial charge on any atom is 0.156 e. The van der Waals surface area contributed by atoms with Crippen LogP contribution in [-0.4, -0.2) is 33.5 Å². The Morgan fingerprint density at radius 3 is 2.85 bits per heavy atom. The average molecular weight is 349 g/mol. The van der Waals surface area contributed by atoms with Gasteiger partial charge < -0.3 is 14.3 Å². The van der Waals surface area contributed by atoms with Crippen LogP contribution in [0.4, 0.5) is 5.82 Å². The summed E-state index contributed by atoms with van der Waals surface area (Å²) in [5.74, 6) is 1.86. The summed E-state index contributed by atoms with van der Waals surface area (Å²) in [6.07, 6.45) is 6.23. The van der Waals surface area contributed by atoms with Crippen molar-refractivity contribution in [3.63, 3.8) is 0 Å². The predicted octanol–water partition coefficient (Wildman–Crippen LogP) is 3.28. The van der Waals surface area contributed by atoms with E-state index in [4.69, 9.17) is 4.52 Å². The summed E-state index contributed by atoms with van der Waals surface area (Å²) in [6.45, 7) is 4.28. The highest BCUT2D eigenvalue weighted by Crippen LogP contribution is 2.18. The van der Waals surface area contributed by atoms with Crippen molar-refractivity contribution < 1.29 is 4.52 Å². The van der Waals surface area contributed by atoms with Gasteiger partial charge in [0.25, 0.3) is 0 Å². The van der Waals surface area contributed by atoms with Crippen LogP contribution in [0.3, 0.4) is 0 Å². The van der Waals surface area contributed by atoms with Crippen LogP contribution in [0.1, 0.15) is 22.7 Å². The molecule has 0 fully saturated rings. The van der Waals surface area contributed by atoms with Crippen molar-refractivity contribution in [1.29, 1.82) is 0 Å². The first-order valence-electron chi connectivity index (χ1n) is 8.92. The molecule has 6 nitrogen and oxygen atoms in total. The molecule has 0 radical (unpaired) electrons. The SMILES string of the molecule is Cc1cc(CN2C=CCN(c3cc(CCc4ccccc4)[nH]n3)C2)on1. The second-order valence-corrected chi connectivity index (χ2v) is 6.67. The lowest BCUT2D eigenvalue weighted by Crippen LogP contribution is -2.38. The predicted molar refractivity (Wildman–Crippen MR) is 101 cm³/mol. The molecule has 4 rings (SSSR count).